The van der Waals surface area contributed by atoms with Crippen molar-refractivity contribution in [1.29, 1.82) is 0 Å². The summed E-state index contributed by atoms with van der Waals surface area (Å²) in [6.45, 7) is 1.02. The van der Waals surface area contributed by atoms with Gasteiger partial charge in [-0.1, -0.05) is 30.3 Å². The third-order valence-electron chi connectivity index (χ3n) is 3.36. The standard InChI is InChI=1S/C16H13F3N2O4/c1-10-13(16(17,18)19)7-12(21(23)24)8-14(10)20-15(22)25-9-11-5-3-2-4-6-11/h2-8H,9H2,1H3,(H,20,22). The molecule has 9 heteroatoms. The average molecular weight is 354 g/mol. The summed E-state index contributed by atoms with van der Waals surface area (Å²) in [6.07, 6.45) is -5.80. The van der Waals surface area contributed by atoms with E-state index in [2.05, 4.69) is 5.32 Å². The normalized spacial score (nSPS) is 11.0. The fourth-order valence-corrected chi connectivity index (χ4v) is 2.10. The van der Waals surface area contributed by atoms with Crippen LogP contribution in [0.2, 0.25) is 0 Å². The summed E-state index contributed by atoms with van der Waals surface area (Å²) in [6, 6.07) is 9.92. The fourth-order valence-electron chi connectivity index (χ4n) is 2.10. The van der Waals surface area contributed by atoms with Crippen molar-refractivity contribution in [2.75, 3.05) is 5.32 Å². The van der Waals surface area contributed by atoms with Crippen molar-refractivity contribution in [3.05, 3.63) is 69.3 Å². The number of carbonyl (C=O) groups is 1. The Morgan fingerprint density at radius 3 is 2.44 bits per heavy atom. The zero-order valence-electron chi connectivity index (χ0n) is 13.0. The Balaban J connectivity index is 2.21. The van der Waals surface area contributed by atoms with Crippen LogP contribution in [0.3, 0.4) is 0 Å². The molecule has 0 aliphatic heterocycles. The Hall–Kier alpha value is -3.10. The van der Waals surface area contributed by atoms with E-state index in [9.17, 15) is 28.1 Å². The molecular weight excluding hydrogens is 341 g/mol. The van der Waals surface area contributed by atoms with Crippen LogP contribution in [-0.2, 0) is 17.5 Å². The molecule has 1 amide bonds. The lowest BCUT2D eigenvalue weighted by Gasteiger charge is -2.15. The second-order valence-electron chi connectivity index (χ2n) is 5.11. The zero-order chi connectivity index (χ0) is 18.6. The third-order valence-corrected chi connectivity index (χ3v) is 3.36. The summed E-state index contributed by atoms with van der Waals surface area (Å²) in [7, 11) is 0. The quantitative estimate of drug-likeness (QED) is 0.639. The number of carbonyl (C=O) groups excluding carboxylic acids is 1. The van der Waals surface area contributed by atoms with E-state index in [1.807, 2.05) is 0 Å². The van der Waals surface area contributed by atoms with Crippen LogP contribution in [0.15, 0.2) is 42.5 Å². The number of nitro benzene ring substituents is 1. The number of ether oxygens (including phenoxy) is 1. The minimum Gasteiger partial charge on any atom is -0.444 e. The van der Waals surface area contributed by atoms with E-state index < -0.39 is 28.4 Å². The molecule has 0 saturated heterocycles. The van der Waals surface area contributed by atoms with E-state index in [-0.39, 0.29) is 17.9 Å². The van der Waals surface area contributed by atoms with Crippen molar-refractivity contribution in [3.63, 3.8) is 0 Å². The lowest BCUT2D eigenvalue weighted by Crippen LogP contribution is -2.17. The minimum atomic E-state index is -4.79. The van der Waals surface area contributed by atoms with Crippen molar-refractivity contribution in [1.82, 2.24) is 0 Å². The maximum Gasteiger partial charge on any atom is 0.416 e. The third kappa shape index (κ3) is 4.69. The van der Waals surface area contributed by atoms with Crippen molar-refractivity contribution in [3.8, 4) is 0 Å². The monoisotopic (exact) mass is 354 g/mol. The van der Waals surface area contributed by atoms with Crippen molar-refractivity contribution >= 4 is 17.5 Å². The lowest BCUT2D eigenvalue weighted by molar-refractivity contribution is -0.385. The molecule has 2 rings (SSSR count). The first-order valence-electron chi connectivity index (χ1n) is 7.02. The molecule has 0 aliphatic rings. The molecule has 0 fully saturated rings. The van der Waals surface area contributed by atoms with Crippen LogP contribution in [0.25, 0.3) is 0 Å². The number of nitrogens with zero attached hydrogens (tertiary/aromatic N) is 1. The molecule has 0 heterocycles. The fraction of sp³-hybridized carbons (Fsp3) is 0.188. The van der Waals surface area contributed by atoms with E-state index in [1.165, 1.54) is 0 Å². The van der Waals surface area contributed by atoms with Crippen molar-refractivity contribution in [2.45, 2.75) is 19.7 Å². The first-order valence-corrected chi connectivity index (χ1v) is 7.02. The summed E-state index contributed by atoms with van der Waals surface area (Å²) in [5.74, 6) is 0. The highest BCUT2D eigenvalue weighted by molar-refractivity contribution is 5.86. The molecule has 0 radical (unpaired) electrons. The predicted molar refractivity (Wildman–Crippen MR) is 83.1 cm³/mol. The molecule has 0 aromatic heterocycles. The van der Waals surface area contributed by atoms with Crippen LogP contribution < -0.4 is 5.32 Å². The van der Waals surface area contributed by atoms with Crippen LogP contribution in [0.1, 0.15) is 16.7 Å². The van der Waals surface area contributed by atoms with Crippen LogP contribution >= 0.6 is 0 Å². The number of nitro groups is 1. The van der Waals surface area contributed by atoms with Crippen molar-refractivity contribution < 1.29 is 27.6 Å². The number of hydrogen-bond donors (Lipinski definition) is 1. The summed E-state index contributed by atoms with van der Waals surface area (Å²) in [4.78, 5) is 21.7. The minimum absolute atomic E-state index is 0.0905. The number of hydrogen-bond acceptors (Lipinski definition) is 4. The Morgan fingerprint density at radius 2 is 1.88 bits per heavy atom. The number of non-ortho nitro benzene ring substituents is 1. The van der Waals surface area contributed by atoms with Gasteiger partial charge in [0.1, 0.15) is 6.61 Å². The summed E-state index contributed by atoms with van der Waals surface area (Å²) in [5, 5.41) is 13.0. The van der Waals surface area contributed by atoms with E-state index in [1.54, 1.807) is 30.3 Å². The van der Waals surface area contributed by atoms with E-state index in [0.29, 0.717) is 11.6 Å². The molecule has 1 N–H and O–H groups in total. The van der Waals surface area contributed by atoms with Crippen LogP contribution in [0.4, 0.5) is 29.3 Å². The zero-order valence-corrected chi connectivity index (χ0v) is 13.0. The lowest BCUT2D eigenvalue weighted by atomic mass is 10.0. The number of nitrogens with one attached hydrogen (secondary N) is 1. The highest BCUT2D eigenvalue weighted by Crippen LogP contribution is 2.37. The highest BCUT2D eigenvalue weighted by atomic mass is 19.4. The first kappa shape index (κ1) is 18.2. The smallest absolute Gasteiger partial charge is 0.416 e. The topological polar surface area (TPSA) is 81.5 Å². The van der Waals surface area contributed by atoms with E-state index in [4.69, 9.17) is 4.74 Å². The second kappa shape index (κ2) is 7.20. The largest absolute Gasteiger partial charge is 0.444 e. The maximum atomic E-state index is 13.0. The van der Waals surface area contributed by atoms with Gasteiger partial charge in [0, 0.05) is 12.1 Å². The molecule has 2 aromatic rings. The van der Waals surface area contributed by atoms with Gasteiger partial charge in [0.25, 0.3) is 5.69 Å². The molecule has 25 heavy (non-hydrogen) atoms. The molecular formula is C16H13F3N2O4. The molecule has 132 valence electrons. The summed E-state index contributed by atoms with van der Waals surface area (Å²) >= 11 is 0. The van der Waals surface area contributed by atoms with Crippen molar-refractivity contribution in [2.24, 2.45) is 0 Å². The van der Waals surface area contributed by atoms with Gasteiger partial charge in [0.05, 0.1) is 16.2 Å². The molecule has 2 aromatic carbocycles. The predicted octanol–water partition coefficient (Wildman–Crippen LogP) is 4.67. The molecule has 0 unspecified atom stereocenters. The summed E-state index contributed by atoms with van der Waals surface area (Å²) in [5.41, 5.74) is -1.96. The number of benzene rings is 2. The molecule has 0 atom stereocenters. The van der Waals surface area contributed by atoms with Crippen LogP contribution in [0, 0.1) is 17.0 Å². The Morgan fingerprint density at radius 1 is 1.24 bits per heavy atom. The average Bonchev–Trinajstić information content (AvgIpc) is 2.54. The van der Waals surface area contributed by atoms with Gasteiger partial charge in [-0.15, -0.1) is 0 Å². The molecule has 0 spiro atoms. The Bertz CT molecular complexity index is 792. The van der Waals surface area contributed by atoms with E-state index >= 15 is 0 Å². The van der Waals surface area contributed by atoms with Gasteiger partial charge in [-0.2, -0.15) is 13.2 Å². The number of halogens is 3. The molecule has 6 nitrogen and oxygen atoms in total. The van der Waals surface area contributed by atoms with Gasteiger partial charge in [-0.25, -0.2) is 4.79 Å². The highest BCUT2D eigenvalue weighted by Gasteiger charge is 2.35. The van der Waals surface area contributed by atoms with Crippen LogP contribution in [-0.4, -0.2) is 11.0 Å². The number of anilines is 1. The van der Waals surface area contributed by atoms with Gasteiger partial charge >= 0.3 is 12.3 Å². The molecule has 0 aliphatic carbocycles. The maximum absolute atomic E-state index is 13.0. The van der Waals surface area contributed by atoms with Gasteiger partial charge in [0.15, 0.2) is 0 Å². The Kier molecular flexibility index (Phi) is 5.26. The second-order valence-corrected chi connectivity index (χ2v) is 5.11. The van der Waals surface area contributed by atoms with E-state index in [0.717, 1.165) is 13.0 Å². The number of amides is 1. The molecule has 0 bridgehead atoms. The summed E-state index contributed by atoms with van der Waals surface area (Å²) < 4.78 is 43.9. The number of rotatable bonds is 4. The molecule has 0 saturated carbocycles. The Labute approximate surface area is 140 Å². The van der Waals surface area contributed by atoms with Gasteiger partial charge in [-0.3, -0.25) is 15.4 Å². The van der Waals surface area contributed by atoms with Gasteiger partial charge in [0.2, 0.25) is 0 Å². The number of alkyl halides is 3. The van der Waals surface area contributed by atoms with Gasteiger partial charge < -0.3 is 4.74 Å². The van der Waals surface area contributed by atoms with Crippen LogP contribution in [0.5, 0.6) is 0 Å². The van der Waals surface area contributed by atoms with Gasteiger partial charge in [-0.05, 0) is 18.1 Å². The first-order chi connectivity index (χ1) is 11.7. The SMILES string of the molecule is Cc1c(NC(=O)OCc2ccccc2)cc([N+](=O)[O-])cc1C(F)(F)F.